The molecule has 4 aliphatic rings. The SMILES string of the molecule is N#Cc1cc2cc(-c3ccc(-c4nc(-c5ccccc5)nc(-c5ccc(C67C[C@H]8C[C@H](C6)C[C@@H](C7)C8)cc5)n4)cc3)ccc2c2ccccc12. The van der Waals surface area contributed by atoms with Gasteiger partial charge in [0.25, 0.3) is 0 Å². The molecule has 0 amide bonds. The van der Waals surface area contributed by atoms with Crippen molar-refractivity contribution in [1.82, 2.24) is 15.0 Å². The third kappa shape index (κ3) is 4.91. The molecule has 4 bridgehead atoms. The number of fused-ring (bicyclic) bond motifs is 3. The molecule has 4 nitrogen and oxygen atoms in total. The topological polar surface area (TPSA) is 62.5 Å². The van der Waals surface area contributed by atoms with Crippen LogP contribution in [0.3, 0.4) is 0 Å². The summed E-state index contributed by atoms with van der Waals surface area (Å²) < 4.78 is 0. The molecule has 4 heteroatoms. The van der Waals surface area contributed by atoms with E-state index in [-0.39, 0.29) is 0 Å². The Hall–Kier alpha value is -5.66. The molecule has 0 atom stereocenters. The summed E-state index contributed by atoms with van der Waals surface area (Å²) >= 11 is 0. The fraction of sp³-hybridized carbons (Fsp3) is 0.217. The first-order valence-corrected chi connectivity index (χ1v) is 18.0. The minimum absolute atomic E-state index is 0.366. The molecule has 240 valence electrons. The first kappa shape index (κ1) is 29.3. The standard InChI is InChI=1S/C46H36N4/c47-28-38-24-37-23-36(16-19-41(37)42-9-5-4-8-40(38)42)32-10-12-34(13-11-32)44-48-43(33-6-2-1-3-7-33)49-45(50-44)35-14-17-39(18-15-35)46-25-29-20-30(26-46)22-31(21-29)27-46/h1-19,23-24,29-31H,20-22,25-27H2/t29-,30-,31-,46?. The van der Waals surface area contributed by atoms with Crippen LogP contribution in [0.5, 0.6) is 0 Å². The minimum Gasteiger partial charge on any atom is -0.208 e. The van der Waals surface area contributed by atoms with Gasteiger partial charge in [-0.05, 0) is 107 Å². The molecule has 0 spiro atoms. The predicted octanol–water partition coefficient (Wildman–Crippen LogP) is 11.2. The van der Waals surface area contributed by atoms with Gasteiger partial charge in [0.2, 0.25) is 0 Å². The van der Waals surface area contributed by atoms with E-state index in [1.165, 1.54) is 44.1 Å². The lowest BCUT2D eigenvalue weighted by Gasteiger charge is -2.57. The van der Waals surface area contributed by atoms with E-state index >= 15 is 0 Å². The van der Waals surface area contributed by atoms with Gasteiger partial charge in [-0.25, -0.2) is 15.0 Å². The second-order valence-corrected chi connectivity index (χ2v) is 15.0. The van der Waals surface area contributed by atoms with E-state index in [9.17, 15) is 5.26 Å². The maximum Gasteiger partial charge on any atom is 0.164 e. The van der Waals surface area contributed by atoms with E-state index < -0.39 is 0 Å². The first-order chi connectivity index (χ1) is 24.6. The Bertz CT molecular complexity index is 2420. The summed E-state index contributed by atoms with van der Waals surface area (Å²) in [4.78, 5) is 15.0. The van der Waals surface area contributed by atoms with Gasteiger partial charge in [0.05, 0.1) is 11.6 Å². The number of benzene rings is 6. The Morgan fingerprint density at radius 3 is 1.58 bits per heavy atom. The normalized spacial score (nSPS) is 22.2. The summed E-state index contributed by atoms with van der Waals surface area (Å²) in [5.74, 6) is 4.80. The van der Waals surface area contributed by atoms with E-state index in [0.29, 0.717) is 28.5 Å². The summed E-state index contributed by atoms with van der Waals surface area (Å²) in [6, 6.07) is 46.9. The first-order valence-electron chi connectivity index (χ1n) is 18.0. The number of nitriles is 1. The van der Waals surface area contributed by atoms with Crippen LogP contribution in [-0.2, 0) is 5.41 Å². The van der Waals surface area contributed by atoms with Gasteiger partial charge in [-0.1, -0.05) is 115 Å². The van der Waals surface area contributed by atoms with Gasteiger partial charge >= 0.3 is 0 Å². The highest BCUT2D eigenvalue weighted by Gasteiger charge is 2.51. The van der Waals surface area contributed by atoms with Crippen LogP contribution < -0.4 is 0 Å². The summed E-state index contributed by atoms with van der Waals surface area (Å²) in [7, 11) is 0. The predicted molar refractivity (Wildman–Crippen MR) is 201 cm³/mol. The van der Waals surface area contributed by atoms with Crippen LogP contribution in [-0.4, -0.2) is 15.0 Å². The fourth-order valence-corrected chi connectivity index (χ4v) is 9.98. The number of nitrogens with zero attached hydrogens (tertiary/aromatic N) is 4. The van der Waals surface area contributed by atoms with Crippen LogP contribution in [0.2, 0.25) is 0 Å². The van der Waals surface area contributed by atoms with Crippen molar-refractivity contribution >= 4 is 21.5 Å². The maximum absolute atomic E-state index is 9.85. The molecule has 0 saturated heterocycles. The fourth-order valence-electron chi connectivity index (χ4n) is 9.98. The van der Waals surface area contributed by atoms with Gasteiger partial charge in [0.1, 0.15) is 0 Å². The molecule has 0 unspecified atom stereocenters. The molecule has 7 aromatic rings. The van der Waals surface area contributed by atoms with Crippen LogP contribution in [0.1, 0.15) is 49.7 Å². The lowest BCUT2D eigenvalue weighted by Crippen LogP contribution is -2.48. The highest BCUT2D eigenvalue weighted by Crippen LogP contribution is 2.60. The highest BCUT2D eigenvalue weighted by atomic mass is 15.0. The molecular formula is C46H36N4. The van der Waals surface area contributed by atoms with Crippen molar-refractivity contribution in [2.24, 2.45) is 17.8 Å². The zero-order valence-corrected chi connectivity index (χ0v) is 27.9. The van der Waals surface area contributed by atoms with Gasteiger partial charge in [0, 0.05) is 22.1 Å². The summed E-state index contributed by atoms with van der Waals surface area (Å²) in [6.45, 7) is 0. The zero-order chi connectivity index (χ0) is 33.2. The lowest BCUT2D eigenvalue weighted by atomic mass is 9.48. The van der Waals surface area contributed by atoms with Crippen LogP contribution in [0.25, 0.3) is 66.8 Å². The largest absolute Gasteiger partial charge is 0.208 e. The lowest BCUT2D eigenvalue weighted by molar-refractivity contribution is -0.00518. The van der Waals surface area contributed by atoms with Crippen molar-refractivity contribution in [2.75, 3.05) is 0 Å². The molecule has 4 saturated carbocycles. The summed E-state index contributed by atoms with van der Waals surface area (Å²) in [5.41, 5.74) is 7.71. The molecule has 0 aliphatic heterocycles. The van der Waals surface area contributed by atoms with Crippen molar-refractivity contribution < 1.29 is 0 Å². The van der Waals surface area contributed by atoms with Crippen LogP contribution in [0, 0.1) is 29.1 Å². The second-order valence-electron chi connectivity index (χ2n) is 15.0. The van der Waals surface area contributed by atoms with Crippen molar-refractivity contribution in [3.8, 4) is 51.4 Å². The minimum atomic E-state index is 0.366. The van der Waals surface area contributed by atoms with Crippen LogP contribution in [0.4, 0.5) is 0 Å². The van der Waals surface area contributed by atoms with E-state index in [1.54, 1.807) is 0 Å². The number of hydrogen-bond acceptors (Lipinski definition) is 4. The Labute approximate surface area is 292 Å². The van der Waals surface area contributed by atoms with Crippen molar-refractivity contribution in [2.45, 2.75) is 43.9 Å². The van der Waals surface area contributed by atoms with Gasteiger partial charge < -0.3 is 0 Å². The number of aromatic nitrogens is 3. The molecule has 4 fully saturated rings. The van der Waals surface area contributed by atoms with Gasteiger partial charge in [-0.2, -0.15) is 5.26 Å². The average molecular weight is 645 g/mol. The van der Waals surface area contributed by atoms with E-state index in [2.05, 4.69) is 91.0 Å². The Balaban J connectivity index is 1.00. The maximum atomic E-state index is 9.85. The van der Waals surface area contributed by atoms with Crippen molar-refractivity contribution in [1.29, 1.82) is 5.26 Å². The third-order valence-corrected chi connectivity index (χ3v) is 11.9. The van der Waals surface area contributed by atoms with Crippen LogP contribution in [0.15, 0.2) is 127 Å². The Morgan fingerprint density at radius 1 is 0.480 bits per heavy atom. The summed E-state index contributed by atoms with van der Waals surface area (Å²) in [5, 5.41) is 14.1. The molecule has 0 N–H and O–H groups in total. The molecule has 1 heterocycles. The van der Waals surface area contributed by atoms with Gasteiger partial charge in [-0.15, -0.1) is 0 Å². The van der Waals surface area contributed by atoms with Crippen LogP contribution >= 0.6 is 0 Å². The smallest absolute Gasteiger partial charge is 0.164 e. The zero-order valence-electron chi connectivity index (χ0n) is 27.9. The second kappa shape index (κ2) is 11.5. The molecule has 11 rings (SSSR count). The average Bonchev–Trinajstić information content (AvgIpc) is 3.17. The molecule has 50 heavy (non-hydrogen) atoms. The summed E-state index contributed by atoms with van der Waals surface area (Å²) in [6.07, 6.45) is 8.45. The number of hydrogen-bond donors (Lipinski definition) is 0. The van der Waals surface area contributed by atoms with Gasteiger partial charge in [-0.3, -0.25) is 0 Å². The Morgan fingerprint density at radius 2 is 0.980 bits per heavy atom. The van der Waals surface area contributed by atoms with Gasteiger partial charge in [0.15, 0.2) is 17.5 Å². The van der Waals surface area contributed by atoms with Crippen molar-refractivity contribution in [3.63, 3.8) is 0 Å². The highest BCUT2D eigenvalue weighted by molar-refractivity contribution is 6.10. The third-order valence-electron chi connectivity index (χ3n) is 11.9. The molecule has 0 radical (unpaired) electrons. The molecule has 6 aromatic carbocycles. The Kier molecular flexibility index (Phi) is 6.71. The molecule has 4 aliphatic carbocycles. The molecule has 1 aromatic heterocycles. The van der Waals surface area contributed by atoms with E-state index in [4.69, 9.17) is 15.0 Å². The monoisotopic (exact) mass is 644 g/mol. The molecular weight excluding hydrogens is 609 g/mol. The van der Waals surface area contributed by atoms with E-state index in [0.717, 1.165) is 67.1 Å². The quantitative estimate of drug-likeness (QED) is 0.175. The van der Waals surface area contributed by atoms with E-state index in [1.807, 2.05) is 42.5 Å². The van der Waals surface area contributed by atoms with Crippen molar-refractivity contribution in [3.05, 3.63) is 139 Å². The number of rotatable bonds is 5.